The van der Waals surface area contributed by atoms with Gasteiger partial charge in [0, 0.05) is 6.54 Å². The average molecular weight is 513 g/mol. The van der Waals surface area contributed by atoms with E-state index in [1.54, 1.807) is 0 Å². The van der Waals surface area contributed by atoms with Gasteiger partial charge in [0.05, 0.1) is 18.7 Å². The van der Waals surface area contributed by atoms with E-state index in [1.807, 2.05) is 30.3 Å². The monoisotopic (exact) mass is 512 g/mol. The van der Waals surface area contributed by atoms with Crippen LogP contribution in [0.5, 0.6) is 0 Å². The molecule has 2 aromatic rings. The molecule has 2 aliphatic rings. The van der Waals surface area contributed by atoms with Crippen molar-refractivity contribution in [1.29, 1.82) is 0 Å². The smallest absolute Gasteiger partial charge is 0.270 e. The molecule has 4 rings (SSSR count). The summed E-state index contributed by atoms with van der Waals surface area (Å²) in [6, 6.07) is 11.0. The van der Waals surface area contributed by atoms with Crippen molar-refractivity contribution >= 4 is 18.2 Å². The van der Waals surface area contributed by atoms with Gasteiger partial charge in [-0.3, -0.25) is 19.2 Å². The summed E-state index contributed by atoms with van der Waals surface area (Å²) in [6.45, 7) is 0.696. The summed E-state index contributed by atoms with van der Waals surface area (Å²) in [5, 5.41) is 11.0. The molecule has 2 atom stereocenters. The molecule has 0 spiro atoms. The lowest BCUT2D eigenvalue weighted by Gasteiger charge is -2.30. The third kappa shape index (κ3) is 7.03. The molecule has 1 aliphatic carbocycles. The number of pyridine rings is 1. The number of hydrogen-bond acceptors (Lipinski definition) is 5. The van der Waals surface area contributed by atoms with Gasteiger partial charge in [-0.15, -0.1) is 0 Å². The number of halogens is 1. The van der Waals surface area contributed by atoms with E-state index in [-0.39, 0.29) is 24.5 Å². The van der Waals surface area contributed by atoms with Gasteiger partial charge in [-0.05, 0) is 42.9 Å². The molecule has 2 fully saturated rings. The number of nitrogens with zero attached hydrogens (tertiary/aromatic N) is 4. The summed E-state index contributed by atoms with van der Waals surface area (Å²) in [5.41, 5.74) is 0.788. The fourth-order valence-electron chi connectivity index (χ4n) is 5.23. The van der Waals surface area contributed by atoms with Crippen LogP contribution in [0.15, 0.2) is 53.7 Å². The van der Waals surface area contributed by atoms with Gasteiger partial charge in [0.2, 0.25) is 12.3 Å². The van der Waals surface area contributed by atoms with Crippen LogP contribution >= 0.6 is 0 Å². The van der Waals surface area contributed by atoms with Gasteiger partial charge in [-0.2, -0.15) is 9.72 Å². The molecule has 1 aromatic heterocycles. The lowest BCUT2D eigenvalue weighted by Crippen LogP contribution is -2.46. The summed E-state index contributed by atoms with van der Waals surface area (Å²) < 4.78 is 13.7. The van der Waals surface area contributed by atoms with Crippen molar-refractivity contribution < 1.29 is 28.8 Å². The van der Waals surface area contributed by atoms with E-state index in [0.717, 1.165) is 43.5 Å². The number of rotatable bonds is 10. The summed E-state index contributed by atoms with van der Waals surface area (Å²) in [6.07, 6.45) is 7.41. The van der Waals surface area contributed by atoms with Crippen LogP contribution in [0, 0.1) is 17.7 Å². The number of benzene rings is 1. The van der Waals surface area contributed by atoms with E-state index < -0.39 is 23.7 Å². The molecule has 2 heterocycles. The first-order valence-corrected chi connectivity index (χ1v) is 12.8. The molecule has 10 heteroatoms. The third-order valence-electron chi connectivity index (χ3n) is 7.12. The zero-order chi connectivity index (χ0) is 26.2. The predicted molar refractivity (Wildman–Crippen MR) is 131 cm³/mol. The Labute approximate surface area is 215 Å². The normalized spacial score (nSPS) is 19.2. The maximum Gasteiger partial charge on any atom is 0.270 e. The average Bonchev–Trinajstić information content (AvgIpc) is 3.60. The largest absolute Gasteiger partial charge is 0.427 e. The van der Waals surface area contributed by atoms with Crippen LogP contribution < -0.4 is 5.49 Å². The summed E-state index contributed by atoms with van der Waals surface area (Å²) in [4.78, 5) is 49.8. The quantitative estimate of drug-likeness (QED) is 0.299. The SMILES string of the molecule is O=CN(C[C@@H](CC1CCCC1)C(=O)N1CCC[C@H]1C(=O)N=c1ccc(F)cn1O)OCc1ccccc1. The number of carbonyl (C=O) groups excluding carboxylic acids is 3. The van der Waals surface area contributed by atoms with Crippen LogP contribution in [0.1, 0.15) is 50.5 Å². The first-order chi connectivity index (χ1) is 17.9. The van der Waals surface area contributed by atoms with Crippen molar-refractivity contribution in [3.05, 3.63) is 65.5 Å². The van der Waals surface area contributed by atoms with Crippen molar-refractivity contribution in [3.63, 3.8) is 0 Å². The third-order valence-corrected chi connectivity index (χ3v) is 7.12. The second kappa shape index (κ2) is 12.6. The van der Waals surface area contributed by atoms with Crippen molar-refractivity contribution in [3.8, 4) is 0 Å². The molecule has 1 aliphatic heterocycles. The molecule has 1 aromatic carbocycles. The van der Waals surface area contributed by atoms with Crippen LogP contribution in [0.4, 0.5) is 4.39 Å². The first-order valence-electron chi connectivity index (χ1n) is 12.8. The predicted octanol–water partition coefficient (Wildman–Crippen LogP) is 3.07. The highest BCUT2D eigenvalue weighted by molar-refractivity contribution is 5.89. The summed E-state index contributed by atoms with van der Waals surface area (Å²) >= 11 is 0. The highest BCUT2D eigenvalue weighted by atomic mass is 19.1. The fraction of sp³-hybridized carbons (Fsp3) is 0.481. The lowest BCUT2D eigenvalue weighted by molar-refractivity contribution is -0.183. The molecule has 3 amide bonds. The Morgan fingerprint density at radius 1 is 1.14 bits per heavy atom. The lowest BCUT2D eigenvalue weighted by atomic mass is 9.91. The Kier molecular flexibility index (Phi) is 9.05. The molecular formula is C27H33FN4O5. The van der Waals surface area contributed by atoms with E-state index in [2.05, 4.69) is 4.99 Å². The molecule has 1 N–H and O–H groups in total. The second-order valence-electron chi connectivity index (χ2n) is 9.74. The molecule has 1 saturated heterocycles. The number of amides is 3. The topological polar surface area (TPSA) is 104 Å². The van der Waals surface area contributed by atoms with Crippen LogP contribution in [0.2, 0.25) is 0 Å². The minimum atomic E-state index is -0.779. The molecule has 0 unspecified atom stereocenters. The van der Waals surface area contributed by atoms with Crippen LogP contribution in [0.3, 0.4) is 0 Å². The van der Waals surface area contributed by atoms with Crippen molar-refractivity contribution in [2.75, 3.05) is 13.1 Å². The second-order valence-corrected chi connectivity index (χ2v) is 9.74. The van der Waals surface area contributed by atoms with E-state index >= 15 is 0 Å². The van der Waals surface area contributed by atoms with Gasteiger partial charge < -0.3 is 10.1 Å². The molecule has 0 bridgehead atoms. The molecule has 1 saturated carbocycles. The van der Waals surface area contributed by atoms with E-state index in [0.29, 0.717) is 42.9 Å². The van der Waals surface area contributed by atoms with E-state index in [1.165, 1.54) is 16.0 Å². The van der Waals surface area contributed by atoms with Crippen LogP contribution in [-0.2, 0) is 25.8 Å². The van der Waals surface area contributed by atoms with Gasteiger partial charge in [0.1, 0.15) is 18.5 Å². The van der Waals surface area contributed by atoms with Crippen molar-refractivity contribution in [1.82, 2.24) is 14.7 Å². The Morgan fingerprint density at radius 2 is 1.89 bits per heavy atom. The van der Waals surface area contributed by atoms with Gasteiger partial charge in [0.25, 0.3) is 5.91 Å². The number of likely N-dealkylation sites (tertiary alicyclic amines) is 1. The maximum atomic E-state index is 13.8. The zero-order valence-electron chi connectivity index (χ0n) is 20.7. The Balaban J connectivity index is 1.49. The Bertz CT molecular complexity index is 1150. The van der Waals surface area contributed by atoms with Crippen molar-refractivity contribution in [2.45, 2.75) is 57.6 Å². The Hall–Kier alpha value is -3.53. The highest BCUT2D eigenvalue weighted by Gasteiger charge is 2.38. The van der Waals surface area contributed by atoms with Gasteiger partial charge in [0.15, 0.2) is 5.49 Å². The highest BCUT2D eigenvalue weighted by Crippen LogP contribution is 2.32. The van der Waals surface area contributed by atoms with Crippen molar-refractivity contribution in [2.24, 2.45) is 16.8 Å². The first kappa shape index (κ1) is 26.5. The van der Waals surface area contributed by atoms with Gasteiger partial charge in [-0.25, -0.2) is 9.45 Å². The molecule has 37 heavy (non-hydrogen) atoms. The molecular weight excluding hydrogens is 479 g/mol. The molecule has 9 nitrogen and oxygen atoms in total. The minimum absolute atomic E-state index is 0.0921. The van der Waals surface area contributed by atoms with Crippen LogP contribution in [0.25, 0.3) is 0 Å². The number of carbonyl (C=O) groups is 3. The number of hydrogen-bond donors (Lipinski definition) is 1. The van der Waals surface area contributed by atoms with Gasteiger partial charge in [-0.1, -0.05) is 56.0 Å². The van der Waals surface area contributed by atoms with E-state index in [4.69, 9.17) is 4.84 Å². The summed E-state index contributed by atoms with van der Waals surface area (Å²) in [5.74, 6) is -1.59. The number of aromatic nitrogens is 1. The summed E-state index contributed by atoms with van der Waals surface area (Å²) in [7, 11) is 0. The molecule has 0 radical (unpaired) electrons. The fourth-order valence-corrected chi connectivity index (χ4v) is 5.23. The minimum Gasteiger partial charge on any atom is -0.427 e. The zero-order valence-corrected chi connectivity index (χ0v) is 20.7. The maximum absolute atomic E-state index is 13.8. The van der Waals surface area contributed by atoms with E-state index in [9.17, 15) is 24.0 Å². The molecule has 198 valence electrons. The van der Waals surface area contributed by atoms with Gasteiger partial charge >= 0.3 is 0 Å². The number of hydroxylamine groups is 2. The van der Waals surface area contributed by atoms with Crippen LogP contribution in [-0.4, -0.2) is 57.3 Å². The standard InChI is InChI=1S/C27H33FN4O5/c28-23-12-13-25(32(36)17-23)29-26(34)24-11-6-14-31(24)27(35)22(15-20-7-4-5-8-20)16-30(19-33)37-18-21-9-2-1-3-10-21/h1-3,9-10,12-13,17,19-20,22,24,36H,4-8,11,14-16,18H2/t22-,24+/m1/s1. The Morgan fingerprint density at radius 3 is 2.59 bits per heavy atom.